The summed E-state index contributed by atoms with van der Waals surface area (Å²) in [5.41, 5.74) is 2.32. The molecule has 0 unspecified atom stereocenters. The fourth-order valence-electron chi connectivity index (χ4n) is 2.55. The molecule has 1 aromatic carbocycles. The Labute approximate surface area is 323 Å². The van der Waals surface area contributed by atoms with Gasteiger partial charge in [0, 0.05) is 208 Å². The molecule has 0 spiro atoms. The number of nitrogens with one attached hydrogen (secondary N) is 1. The van der Waals surface area contributed by atoms with Crippen molar-refractivity contribution in [3.05, 3.63) is 46.9 Å². The molecule has 1 N–H and O–H groups in total. The maximum absolute atomic E-state index is 12.7. The van der Waals surface area contributed by atoms with E-state index in [1.807, 2.05) is 6.92 Å². The van der Waals surface area contributed by atoms with Crippen LogP contribution < -0.4 is 5.32 Å². The summed E-state index contributed by atoms with van der Waals surface area (Å²) in [6, 6.07) is 6.27. The number of carbonyl (C=O) groups excluding carboxylic acids is 1. The number of aryl methyl sites for hydroxylation is 1. The molecule has 0 fully saturated rings. The molecule has 0 atom stereocenters. The zero-order valence-electron chi connectivity index (χ0n) is 16.4. The zero-order chi connectivity index (χ0) is 16.8. The van der Waals surface area contributed by atoms with Crippen LogP contribution in [0.5, 0.6) is 0 Å². The van der Waals surface area contributed by atoms with E-state index < -0.39 is 15.9 Å². The predicted molar refractivity (Wildman–Crippen MR) is 84.5 cm³/mol. The number of benzene rings is 1. The Hall–Kier alpha value is 4.21. The van der Waals surface area contributed by atoms with Crippen molar-refractivity contribution >= 4 is 27.7 Å². The first-order chi connectivity index (χ1) is 10.8. The molecule has 0 saturated carbocycles. The molecular formula is C16H14N3O3SY6-3. The second-order valence-electron chi connectivity index (χ2n) is 5.32. The minimum atomic E-state index is -3.78. The number of amides is 1. The summed E-state index contributed by atoms with van der Waals surface area (Å²) in [6.45, 7) is 3.54. The van der Waals surface area contributed by atoms with E-state index in [9.17, 15) is 13.2 Å². The van der Waals surface area contributed by atoms with E-state index in [0.29, 0.717) is 23.3 Å². The van der Waals surface area contributed by atoms with Crippen LogP contribution in [0.2, 0.25) is 0 Å². The van der Waals surface area contributed by atoms with Crippen LogP contribution in [0.1, 0.15) is 24.5 Å². The number of likely N-dealkylation sites (N-methyl/N-ethyl adjacent to an activating group) is 1. The van der Waals surface area contributed by atoms with Gasteiger partial charge in [0.25, 0.3) is 5.91 Å². The van der Waals surface area contributed by atoms with Gasteiger partial charge in [-0.1, -0.05) is 19.4 Å². The quantitative estimate of drug-likeness (QED) is 0.456. The second kappa shape index (κ2) is 17.6. The molecule has 6 nitrogen and oxygen atoms in total. The van der Waals surface area contributed by atoms with Crippen molar-refractivity contribution < 1.29 is 209 Å². The van der Waals surface area contributed by atoms with Gasteiger partial charge in [-0.05, 0) is 0 Å². The van der Waals surface area contributed by atoms with E-state index in [-0.39, 0.29) is 207 Å². The third-order valence-corrected chi connectivity index (χ3v) is 5.54. The Morgan fingerprint density at radius 3 is 2.21 bits per heavy atom. The second-order valence-corrected chi connectivity index (χ2v) is 7.26. The molecule has 29 heavy (non-hydrogen) atoms. The van der Waals surface area contributed by atoms with Gasteiger partial charge in [-0.15, -0.1) is 29.3 Å². The first-order valence-electron chi connectivity index (χ1n) is 6.91. The van der Waals surface area contributed by atoms with Crippen LogP contribution >= 0.6 is 0 Å². The van der Waals surface area contributed by atoms with Crippen molar-refractivity contribution in [2.24, 2.45) is 4.99 Å². The van der Waals surface area contributed by atoms with E-state index in [2.05, 4.69) is 28.8 Å². The zero-order valence-corrected chi connectivity index (χ0v) is 34.2. The van der Waals surface area contributed by atoms with Crippen molar-refractivity contribution in [3.8, 4) is 0 Å². The largest absolute Gasteiger partial charge is 0.678 e. The van der Waals surface area contributed by atoms with Gasteiger partial charge in [0.1, 0.15) is 0 Å². The normalized spacial score (nSPS) is 14.9. The van der Waals surface area contributed by atoms with Crippen LogP contribution in [0, 0.1) is 19.2 Å². The minimum absolute atomic E-state index is 0. The standard InChI is InChI=1S/C16H14N3O3S.6Y/c1-10-4-5-14-13(8-10)11(2)15(19(3)23(14,21)22)16(20)18-12-6-7-17-9-12;;;;;;/h4-5H,6H2,1-3H3,(H,18,20);;;;;;/q-3;;;;;;. The molecule has 1 aromatic rings. The summed E-state index contributed by atoms with van der Waals surface area (Å²) in [5, 5.41) is 2.63. The van der Waals surface area contributed by atoms with Crippen LogP contribution in [-0.4, -0.2) is 31.9 Å². The molecule has 2 aliphatic rings. The van der Waals surface area contributed by atoms with Crippen LogP contribution in [-0.2, 0) is 211 Å². The number of hydrogen-bond donors (Lipinski definition) is 1. The van der Waals surface area contributed by atoms with Gasteiger partial charge in [0.15, 0.2) is 0 Å². The van der Waals surface area contributed by atoms with Crippen molar-refractivity contribution in [1.29, 1.82) is 0 Å². The molecule has 3 rings (SSSR count). The van der Waals surface area contributed by atoms with E-state index in [0.717, 1.165) is 9.87 Å². The average molecular weight is 862 g/mol. The van der Waals surface area contributed by atoms with Gasteiger partial charge in [-0.2, -0.15) is 12.1 Å². The van der Waals surface area contributed by atoms with Gasteiger partial charge >= 0.3 is 0 Å². The van der Waals surface area contributed by atoms with E-state index in [1.165, 1.54) is 7.05 Å². The fraction of sp³-hybridized carbons (Fsp3) is 0.250. The molecule has 0 aromatic heterocycles. The molecular weight excluding hydrogens is 848 g/mol. The number of carbonyl (C=O) groups is 1. The number of allylic oxidation sites excluding steroid dienone is 2. The molecule has 6 radical (unpaired) electrons. The summed E-state index contributed by atoms with van der Waals surface area (Å²) < 4.78 is 26.3. The number of hydrogen-bond acceptors (Lipinski definition) is 4. The number of aliphatic imine (C=N–C) groups is 1. The van der Waals surface area contributed by atoms with Crippen LogP contribution in [0.3, 0.4) is 0 Å². The topological polar surface area (TPSA) is 78.8 Å². The molecule has 0 aliphatic carbocycles. The molecule has 1 amide bonds. The Morgan fingerprint density at radius 2 is 1.69 bits per heavy atom. The summed E-state index contributed by atoms with van der Waals surface area (Å²) in [7, 11) is -2.42. The Balaban J connectivity index is -0.000000521. The van der Waals surface area contributed by atoms with Crippen LogP contribution in [0.15, 0.2) is 33.4 Å². The van der Waals surface area contributed by atoms with E-state index in [4.69, 9.17) is 0 Å². The van der Waals surface area contributed by atoms with Crippen molar-refractivity contribution in [2.45, 2.75) is 25.2 Å². The molecule has 0 bridgehead atoms. The summed E-state index contributed by atoms with van der Waals surface area (Å²) >= 11 is 0. The Bertz CT molecular complexity index is 916. The first-order valence-corrected chi connectivity index (χ1v) is 8.35. The molecule has 13 heteroatoms. The van der Waals surface area contributed by atoms with Crippen molar-refractivity contribution in [3.63, 3.8) is 0 Å². The third-order valence-electron chi connectivity index (χ3n) is 3.74. The van der Waals surface area contributed by atoms with E-state index >= 15 is 0 Å². The number of sulfonamides is 1. The number of nitrogens with zero attached hydrogens (tertiary/aromatic N) is 2. The van der Waals surface area contributed by atoms with Gasteiger partial charge in [0.05, 0.1) is 5.70 Å². The van der Waals surface area contributed by atoms with Gasteiger partial charge in [-0.25, -0.2) is 8.42 Å². The van der Waals surface area contributed by atoms with Gasteiger partial charge < -0.3 is 22.7 Å². The summed E-state index contributed by atoms with van der Waals surface area (Å²) in [6.07, 6.45) is 5.60. The molecule has 2 heterocycles. The Kier molecular flexibility index (Phi) is 24.5. The average Bonchev–Trinajstić information content (AvgIpc) is 2.98. The van der Waals surface area contributed by atoms with Gasteiger partial charge in [0.2, 0.25) is 10.0 Å². The fourth-order valence-corrected chi connectivity index (χ4v) is 4.00. The first kappa shape index (κ1) is 40.4. The van der Waals surface area contributed by atoms with Gasteiger partial charge in [-0.3, -0.25) is 9.10 Å². The SMILES string of the molecule is CC1=C(C(=O)NC2=[C-]N=[C-]C2)N(C)S(=O)(=O)c2ccc(C)[c-]c21.[Y].[Y].[Y].[Y].[Y].[Y]. The van der Waals surface area contributed by atoms with E-state index in [1.54, 1.807) is 19.1 Å². The maximum Gasteiger partial charge on any atom is 0.260 e. The molecule has 138 valence electrons. The Morgan fingerprint density at radius 1 is 1.10 bits per heavy atom. The molecule has 0 saturated heterocycles. The molecule has 2 aliphatic heterocycles. The smallest absolute Gasteiger partial charge is 0.260 e. The number of rotatable bonds is 2. The van der Waals surface area contributed by atoms with Crippen LogP contribution in [0.4, 0.5) is 0 Å². The summed E-state index contributed by atoms with van der Waals surface area (Å²) in [5.74, 6) is -0.518. The van der Waals surface area contributed by atoms with Crippen molar-refractivity contribution in [1.82, 2.24) is 9.62 Å². The minimum Gasteiger partial charge on any atom is -0.678 e. The maximum atomic E-state index is 12.7. The van der Waals surface area contributed by atoms with Crippen molar-refractivity contribution in [2.75, 3.05) is 7.05 Å². The number of fused-ring (bicyclic) bond motifs is 1. The summed E-state index contributed by atoms with van der Waals surface area (Å²) in [4.78, 5) is 16.4. The third kappa shape index (κ3) is 9.31. The monoisotopic (exact) mass is 862 g/mol. The predicted octanol–water partition coefficient (Wildman–Crippen LogP) is 1.26. The van der Waals surface area contributed by atoms with Crippen LogP contribution in [0.25, 0.3) is 5.57 Å².